The molecule has 29 aromatic rings. The van der Waals surface area contributed by atoms with Crippen LogP contribution in [0, 0.1) is 0 Å². The third-order valence-corrected chi connectivity index (χ3v) is 30.0. The van der Waals surface area contributed by atoms with Crippen LogP contribution in [-0.4, -0.2) is 0 Å². The fraction of sp³-hybridized carbons (Fsp3) is 0.0233. The van der Waals surface area contributed by atoms with Crippen molar-refractivity contribution in [2.24, 2.45) is 0 Å². The number of thiophene rings is 1. The lowest BCUT2D eigenvalue weighted by Crippen LogP contribution is -2.15. The Bertz CT molecular complexity index is 9700. The number of benzene rings is 24. The first-order valence-electron chi connectivity index (χ1n) is 46.9. The Balaban J connectivity index is 0.000000102. The molecule has 1 aliphatic carbocycles. The summed E-state index contributed by atoms with van der Waals surface area (Å²) in [6.07, 6.45) is 0. The third-order valence-electron chi connectivity index (χ3n) is 28.8. The Kier molecular flexibility index (Phi) is 17.5. The minimum Gasteiger partial charge on any atom is -0.455 e. The molecule has 0 unspecified atom stereocenters. The van der Waals surface area contributed by atoms with Crippen LogP contribution in [0.2, 0.25) is 0 Å². The molecule has 642 valence electrons. The fourth-order valence-electron chi connectivity index (χ4n) is 22.7. The number of furan rings is 4. The Labute approximate surface area is 790 Å². The van der Waals surface area contributed by atoms with Crippen LogP contribution in [0.5, 0.6) is 0 Å². The molecule has 5 heterocycles. The van der Waals surface area contributed by atoms with Gasteiger partial charge >= 0.3 is 0 Å². The van der Waals surface area contributed by atoms with Crippen LogP contribution in [0.3, 0.4) is 0 Å². The van der Waals surface area contributed by atoms with Gasteiger partial charge < -0.3 is 32.4 Å². The van der Waals surface area contributed by atoms with Gasteiger partial charge in [-0.2, -0.15) is 0 Å². The lowest BCUT2D eigenvalue weighted by Gasteiger charge is -2.26. The molecule has 0 bridgehead atoms. The van der Waals surface area contributed by atoms with Gasteiger partial charge in [-0.05, 0) is 242 Å². The summed E-state index contributed by atoms with van der Waals surface area (Å²) in [5.74, 6) is 0. The van der Waals surface area contributed by atoms with E-state index in [1.165, 1.54) is 134 Å². The molecule has 0 amide bonds. The highest BCUT2D eigenvalue weighted by Gasteiger charge is 2.37. The average molecular weight is 1770 g/mol. The highest BCUT2D eigenvalue weighted by molar-refractivity contribution is 7.26. The highest BCUT2D eigenvalue weighted by atomic mass is 32.1. The van der Waals surface area contributed by atoms with Crippen molar-refractivity contribution in [2.45, 2.75) is 19.3 Å². The zero-order chi connectivity index (χ0) is 90.2. The number of rotatable bonds is 9. The Hall–Kier alpha value is -17.6. The summed E-state index contributed by atoms with van der Waals surface area (Å²) >= 11 is 1.89. The molecule has 0 saturated heterocycles. The molecule has 0 N–H and O–H groups in total. The quantitative estimate of drug-likeness (QED) is 0.133. The molecule has 30 rings (SSSR count). The van der Waals surface area contributed by atoms with E-state index >= 15 is 0 Å². The summed E-state index contributed by atoms with van der Waals surface area (Å²) in [4.78, 5) is 6.94. The maximum Gasteiger partial charge on any atom is 0.159 e. The molecular weight excluding hydrogens is 1690 g/mol. The molecular formula is C129H81N3O4S. The number of anilines is 9. The minimum atomic E-state index is -0.0648. The van der Waals surface area contributed by atoms with Crippen molar-refractivity contribution in [2.75, 3.05) is 14.7 Å². The van der Waals surface area contributed by atoms with E-state index in [-0.39, 0.29) is 5.41 Å². The van der Waals surface area contributed by atoms with Gasteiger partial charge in [-0.25, -0.2) is 0 Å². The Morgan fingerprint density at radius 2 is 0.496 bits per heavy atom. The first kappa shape index (κ1) is 78.1. The average Bonchev–Trinajstić information content (AvgIpc) is 1.57. The minimum absolute atomic E-state index is 0.0648. The summed E-state index contributed by atoms with van der Waals surface area (Å²) in [7, 11) is 0. The number of nitrogens with zero attached hydrogens (tertiary/aromatic N) is 3. The molecule has 24 aromatic carbocycles. The number of fused-ring (bicyclic) bond motifs is 36. The Morgan fingerprint density at radius 1 is 0.197 bits per heavy atom. The number of para-hydroxylation sites is 10. The molecule has 0 fully saturated rings. The van der Waals surface area contributed by atoms with E-state index < -0.39 is 0 Å². The molecule has 1 aliphatic rings. The van der Waals surface area contributed by atoms with Crippen LogP contribution in [0.1, 0.15) is 25.0 Å². The number of hydrogen-bond donors (Lipinski definition) is 0. The molecule has 0 aliphatic heterocycles. The van der Waals surface area contributed by atoms with Crippen LogP contribution in [0.25, 0.3) is 216 Å². The van der Waals surface area contributed by atoms with E-state index in [0.717, 1.165) is 144 Å². The van der Waals surface area contributed by atoms with Gasteiger partial charge in [0.15, 0.2) is 16.7 Å². The van der Waals surface area contributed by atoms with Gasteiger partial charge in [0, 0.05) is 114 Å². The molecule has 0 radical (unpaired) electrons. The van der Waals surface area contributed by atoms with Crippen molar-refractivity contribution in [1.82, 2.24) is 0 Å². The molecule has 137 heavy (non-hydrogen) atoms. The first-order valence-corrected chi connectivity index (χ1v) is 47.7. The summed E-state index contributed by atoms with van der Waals surface area (Å²) in [6.45, 7) is 4.74. The third kappa shape index (κ3) is 12.2. The summed E-state index contributed by atoms with van der Waals surface area (Å²) in [5, 5.41) is 34.3. The van der Waals surface area contributed by atoms with Gasteiger partial charge in [-0.1, -0.05) is 335 Å². The van der Waals surface area contributed by atoms with Gasteiger partial charge in [-0.3, -0.25) is 0 Å². The molecule has 8 heteroatoms. The zero-order valence-electron chi connectivity index (χ0n) is 74.7. The monoisotopic (exact) mass is 1770 g/mol. The largest absolute Gasteiger partial charge is 0.455 e. The van der Waals surface area contributed by atoms with Crippen molar-refractivity contribution in [3.63, 3.8) is 0 Å². The smallest absolute Gasteiger partial charge is 0.159 e. The maximum absolute atomic E-state index is 6.54. The normalized spacial score (nSPS) is 12.5. The second-order valence-corrected chi connectivity index (χ2v) is 37.8. The van der Waals surface area contributed by atoms with Crippen LogP contribution >= 0.6 is 11.3 Å². The predicted octanol–water partition coefficient (Wildman–Crippen LogP) is 38.1. The Morgan fingerprint density at radius 3 is 0.956 bits per heavy atom. The van der Waals surface area contributed by atoms with Crippen molar-refractivity contribution in [3.8, 4) is 11.1 Å². The van der Waals surface area contributed by atoms with Crippen LogP contribution < -0.4 is 14.7 Å². The van der Waals surface area contributed by atoms with Gasteiger partial charge in [-0.15, -0.1) is 11.3 Å². The standard InChI is InChI=1S/C45H31NO.C42H25NO2.C42H25NOS/c1-45(2)39-16-8-6-13-33(39)36-26-25-35-37(43(36)45)23-21-28-19-20-29-27-31(22-24-32(29)42(28)35)46(30-11-4-3-5-12-30)40-17-10-15-38-34-14-7-9-18-41(34)47-44(38)40;1-2-9-28(10-3-1)43(37-14-8-13-34-31-11-4-7-16-39(31)45-42(34)37)29-20-22-30-27(25-29)18-17-26-19-21-36-33(40(26)30)23-24-35-32-12-5-6-15-38(32)44-41(35)36;1-2-9-28(10-3-1)43(37-14-8-13-34-31-11-4-6-15-38(31)44-41(34)37)29-20-22-30-27(25-29)18-17-26-19-21-36-33(40(26)30)23-24-35-32-12-5-7-16-39(32)45-42(35)36/h3-27H,1-2H3;2*1-25H. The first-order chi connectivity index (χ1) is 67.7. The van der Waals surface area contributed by atoms with Gasteiger partial charge in [0.05, 0.1) is 17.1 Å². The lowest BCUT2D eigenvalue weighted by molar-refractivity contribution is 0.666. The maximum atomic E-state index is 6.54. The molecule has 0 spiro atoms. The second kappa shape index (κ2) is 30.8. The van der Waals surface area contributed by atoms with Gasteiger partial charge in [0.25, 0.3) is 0 Å². The van der Waals surface area contributed by atoms with Gasteiger partial charge in [0.1, 0.15) is 27.9 Å². The van der Waals surface area contributed by atoms with Crippen molar-refractivity contribution in [1.29, 1.82) is 0 Å². The van der Waals surface area contributed by atoms with E-state index in [1.54, 1.807) is 0 Å². The molecule has 0 saturated carbocycles. The van der Waals surface area contributed by atoms with Gasteiger partial charge in [0.2, 0.25) is 0 Å². The van der Waals surface area contributed by atoms with Crippen LogP contribution in [-0.2, 0) is 5.41 Å². The summed E-state index contributed by atoms with van der Waals surface area (Å²) in [5.41, 5.74) is 22.2. The zero-order valence-corrected chi connectivity index (χ0v) is 75.5. The molecule has 0 atom stereocenters. The second-order valence-electron chi connectivity index (χ2n) is 36.7. The highest BCUT2D eigenvalue weighted by Crippen LogP contribution is 2.55. The lowest BCUT2D eigenvalue weighted by atomic mass is 9.79. The molecule has 5 aromatic heterocycles. The SMILES string of the molecule is CC1(C)c2ccccc2-c2ccc3c(ccc4ccc5cc(N(c6ccccc6)c6cccc7c6oc6ccccc67)ccc5c43)c21.c1ccc(N(c2ccc3c(ccc4ccc5c(ccc6c7ccccc7oc65)c43)c2)c2cccc3c2oc2ccccc23)cc1.c1ccc(N(c2ccc3c(ccc4ccc5c(ccc6c7ccccc7sc65)c43)c2)c2cccc3c2oc2ccccc23)cc1. The van der Waals surface area contributed by atoms with E-state index in [9.17, 15) is 0 Å². The molecule has 7 nitrogen and oxygen atoms in total. The van der Waals surface area contributed by atoms with Crippen molar-refractivity contribution >= 4 is 267 Å². The van der Waals surface area contributed by atoms with Crippen molar-refractivity contribution in [3.05, 3.63) is 466 Å². The van der Waals surface area contributed by atoms with E-state index in [1.807, 2.05) is 59.9 Å². The summed E-state index contributed by atoms with van der Waals surface area (Å²) in [6, 6.07) is 163. The van der Waals surface area contributed by atoms with Crippen molar-refractivity contribution < 1.29 is 17.7 Å². The van der Waals surface area contributed by atoms with Crippen LogP contribution in [0.15, 0.2) is 473 Å². The van der Waals surface area contributed by atoms with E-state index in [2.05, 4.69) is 435 Å². The predicted molar refractivity (Wildman–Crippen MR) is 580 cm³/mol. The van der Waals surface area contributed by atoms with E-state index in [4.69, 9.17) is 17.7 Å². The summed E-state index contributed by atoms with van der Waals surface area (Å²) < 4.78 is 28.7. The number of hydrogen-bond acceptors (Lipinski definition) is 8. The van der Waals surface area contributed by atoms with E-state index in [0.29, 0.717) is 0 Å². The fourth-order valence-corrected chi connectivity index (χ4v) is 23.9. The topological polar surface area (TPSA) is 62.3 Å². The van der Waals surface area contributed by atoms with Crippen LogP contribution in [0.4, 0.5) is 51.2 Å².